The van der Waals surface area contributed by atoms with Crippen molar-refractivity contribution < 1.29 is 9.13 Å². The van der Waals surface area contributed by atoms with Crippen LogP contribution in [0, 0.1) is 5.82 Å². The van der Waals surface area contributed by atoms with Crippen LogP contribution in [-0.2, 0) is 6.54 Å². The van der Waals surface area contributed by atoms with Crippen molar-refractivity contribution in [1.29, 1.82) is 0 Å². The summed E-state index contributed by atoms with van der Waals surface area (Å²) in [6, 6.07) is 14.8. The summed E-state index contributed by atoms with van der Waals surface area (Å²) in [5.41, 5.74) is 1.67. The van der Waals surface area contributed by atoms with Gasteiger partial charge in [0.2, 0.25) is 0 Å². The second-order valence-corrected chi connectivity index (χ2v) is 6.39. The normalized spacial score (nSPS) is 12.3. The standard InChI is InChI=1S/C21H29FN4O.HI/c1-5-23-21(24-14-16-10-6-8-12-18(16)22)25-15-19(26(2)3)17-11-7-9-13-20(17)27-4;/h6-13,19H,5,14-15H2,1-4H3,(H2,23,24,25);1H. The number of hydrogen-bond donors (Lipinski definition) is 2. The van der Waals surface area contributed by atoms with Gasteiger partial charge in [-0.05, 0) is 33.2 Å². The van der Waals surface area contributed by atoms with Crippen LogP contribution in [0.1, 0.15) is 24.1 Å². The zero-order chi connectivity index (χ0) is 19.6. The zero-order valence-corrected chi connectivity index (χ0v) is 19.2. The third-order valence-corrected chi connectivity index (χ3v) is 4.29. The molecule has 2 N–H and O–H groups in total. The summed E-state index contributed by atoms with van der Waals surface area (Å²) in [6.07, 6.45) is 0. The fraction of sp³-hybridized carbons (Fsp3) is 0.381. The van der Waals surface area contributed by atoms with Crippen LogP contribution in [-0.4, -0.2) is 45.2 Å². The topological polar surface area (TPSA) is 48.9 Å². The molecule has 2 aromatic rings. The Morgan fingerprint density at radius 3 is 2.43 bits per heavy atom. The SMILES string of the molecule is CCNC(=NCc1ccccc1F)NCC(c1ccccc1OC)N(C)C.I. The molecular weight excluding hydrogens is 470 g/mol. The molecule has 2 rings (SSSR count). The van der Waals surface area contributed by atoms with Crippen molar-refractivity contribution in [1.82, 2.24) is 15.5 Å². The van der Waals surface area contributed by atoms with Gasteiger partial charge in [-0.15, -0.1) is 24.0 Å². The Hall–Kier alpha value is -1.87. The molecule has 7 heteroatoms. The van der Waals surface area contributed by atoms with Gasteiger partial charge in [-0.3, -0.25) is 0 Å². The van der Waals surface area contributed by atoms with Crippen molar-refractivity contribution in [2.45, 2.75) is 19.5 Å². The molecule has 154 valence electrons. The number of nitrogens with one attached hydrogen (secondary N) is 2. The molecule has 0 heterocycles. The van der Waals surface area contributed by atoms with Gasteiger partial charge in [0.15, 0.2) is 5.96 Å². The number of para-hydroxylation sites is 1. The van der Waals surface area contributed by atoms with Crippen LogP contribution in [0.5, 0.6) is 5.75 Å². The second-order valence-electron chi connectivity index (χ2n) is 6.39. The summed E-state index contributed by atoms with van der Waals surface area (Å²) in [5.74, 6) is 1.27. The van der Waals surface area contributed by atoms with Gasteiger partial charge in [-0.25, -0.2) is 9.38 Å². The third-order valence-electron chi connectivity index (χ3n) is 4.29. The van der Waals surface area contributed by atoms with E-state index in [-0.39, 0.29) is 42.4 Å². The molecule has 0 bridgehead atoms. The summed E-state index contributed by atoms with van der Waals surface area (Å²) >= 11 is 0. The number of ether oxygens (including phenoxy) is 1. The van der Waals surface area contributed by atoms with Crippen LogP contribution in [0.15, 0.2) is 53.5 Å². The number of methoxy groups -OCH3 is 1. The molecular formula is C21H30FIN4O. The lowest BCUT2D eigenvalue weighted by Crippen LogP contribution is -2.41. The van der Waals surface area contributed by atoms with Crippen LogP contribution in [0.2, 0.25) is 0 Å². The highest BCUT2D eigenvalue weighted by atomic mass is 127. The first-order valence-corrected chi connectivity index (χ1v) is 9.11. The van der Waals surface area contributed by atoms with Gasteiger partial charge < -0.3 is 20.3 Å². The zero-order valence-electron chi connectivity index (χ0n) is 16.9. The van der Waals surface area contributed by atoms with Gasteiger partial charge >= 0.3 is 0 Å². The minimum atomic E-state index is -0.239. The number of nitrogens with zero attached hydrogens (tertiary/aromatic N) is 2. The number of hydrogen-bond acceptors (Lipinski definition) is 3. The van der Waals surface area contributed by atoms with Crippen LogP contribution >= 0.6 is 24.0 Å². The maximum atomic E-state index is 13.8. The highest BCUT2D eigenvalue weighted by Gasteiger charge is 2.18. The molecule has 0 aliphatic carbocycles. The number of guanidine groups is 1. The van der Waals surface area contributed by atoms with E-state index in [4.69, 9.17) is 4.74 Å². The minimum Gasteiger partial charge on any atom is -0.496 e. The Morgan fingerprint density at radius 2 is 1.79 bits per heavy atom. The Labute approximate surface area is 184 Å². The van der Waals surface area contributed by atoms with E-state index in [1.54, 1.807) is 19.2 Å². The number of benzene rings is 2. The molecule has 0 radical (unpaired) electrons. The van der Waals surface area contributed by atoms with Gasteiger partial charge in [-0.1, -0.05) is 36.4 Å². The van der Waals surface area contributed by atoms with E-state index in [0.29, 0.717) is 18.1 Å². The monoisotopic (exact) mass is 500 g/mol. The molecule has 1 atom stereocenters. The fourth-order valence-electron chi connectivity index (χ4n) is 2.84. The Kier molecular flexibility index (Phi) is 10.8. The number of rotatable bonds is 8. The smallest absolute Gasteiger partial charge is 0.191 e. The third kappa shape index (κ3) is 6.94. The van der Waals surface area contributed by atoms with E-state index in [1.807, 2.05) is 45.3 Å². The predicted molar refractivity (Wildman–Crippen MR) is 124 cm³/mol. The summed E-state index contributed by atoms with van der Waals surface area (Å²) in [4.78, 5) is 6.65. The average Bonchev–Trinajstić information content (AvgIpc) is 2.67. The van der Waals surface area contributed by atoms with Crippen LogP contribution in [0.25, 0.3) is 0 Å². The Morgan fingerprint density at radius 1 is 1.11 bits per heavy atom. The van der Waals surface area contributed by atoms with Crippen molar-refractivity contribution in [3.8, 4) is 5.75 Å². The molecule has 0 spiro atoms. The summed E-state index contributed by atoms with van der Waals surface area (Å²) in [6.45, 7) is 3.65. The van der Waals surface area contributed by atoms with Crippen LogP contribution in [0.3, 0.4) is 0 Å². The van der Waals surface area contributed by atoms with E-state index in [0.717, 1.165) is 17.9 Å². The lowest BCUT2D eigenvalue weighted by Gasteiger charge is -2.27. The summed E-state index contributed by atoms with van der Waals surface area (Å²) in [7, 11) is 5.74. The molecule has 0 amide bonds. The first-order chi connectivity index (χ1) is 13.1. The molecule has 5 nitrogen and oxygen atoms in total. The van der Waals surface area contributed by atoms with Gasteiger partial charge in [0.05, 0.1) is 19.7 Å². The van der Waals surface area contributed by atoms with Crippen molar-refractivity contribution in [2.75, 3.05) is 34.3 Å². The minimum absolute atomic E-state index is 0. The summed E-state index contributed by atoms with van der Waals surface area (Å²) < 4.78 is 19.3. The maximum Gasteiger partial charge on any atom is 0.191 e. The van der Waals surface area contributed by atoms with Gasteiger partial charge in [-0.2, -0.15) is 0 Å². The maximum absolute atomic E-state index is 13.8. The van der Waals surface area contributed by atoms with E-state index >= 15 is 0 Å². The van der Waals surface area contributed by atoms with Crippen LogP contribution in [0.4, 0.5) is 4.39 Å². The van der Waals surface area contributed by atoms with Gasteiger partial charge in [0, 0.05) is 24.2 Å². The lowest BCUT2D eigenvalue weighted by atomic mass is 10.0. The second kappa shape index (κ2) is 12.6. The van der Waals surface area contributed by atoms with Crippen LogP contribution < -0.4 is 15.4 Å². The van der Waals surface area contributed by atoms with E-state index in [2.05, 4.69) is 26.6 Å². The molecule has 0 saturated heterocycles. The molecule has 0 saturated carbocycles. The quantitative estimate of drug-likeness (QED) is 0.329. The number of halogens is 2. The predicted octanol–water partition coefficient (Wildman–Crippen LogP) is 3.81. The van der Waals surface area contributed by atoms with E-state index in [1.165, 1.54) is 6.07 Å². The largest absolute Gasteiger partial charge is 0.496 e. The lowest BCUT2D eigenvalue weighted by molar-refractivity contribution is 0.287. The van der Waals surface area contributed by atoms with Crippen molar-refractivity contribution in [2.24, 2.45) is 4.99 Å². The number of likely N-dealkylation sites (N-methyl/N-ethyl adjacent to an activating group) is 1. The fourth-order valence-corrected chi connectivity index (χ4v) is 2.84. The molecule has 1 unspecified atom stereocenters. The highest BCUT2D eigenvalue weighted by Crippen LogP contribution is 2.27. The molecule has 0 aliphatic rings. The Balaban J connectivity index is 0.00000392. The average molecular weight is 500 g/mol. The molecule has 0 aromatic heterocycles. The first kappa shape index (κ1) is 24.2. The van der Waals surface area contributed by atoms with Gasteiger partial charge in [0.25, 0.3) is 0 Å². The number of aliphatic imine (C=N–C) groups is 1. The molecule has 0 fully saturated rings. The van der Waals surface area contributed by atoms with Crippen molar-refractivity contribution >= 4 is 29.9 Å². The first-order valence-electron chi connectivity index (χ1n) is 9.11. The summed E-state index contributed by atoms with van der Waals surface area (Å²) in [5, 5.41) is 6.57. The van der Waals surface area contributed by atoms with Crippen molar-refractivity contribution in [3.05, 3.63) is 65.5 Å². The molecule has 0 aliphatic heterocycles. The van der Waals surface area contributed by atoms with E-state index < -0.39 is 0 Å². The van der Waals surface area contributed by atoms with Crippen molar-refractivity contribution in [3.63, 3.8) is 0 Å². The molecule has 2 aromatic carbocycles. The highest BCUT2D eigenvalue weighted by molar-refractivity contribution is 14.0. The Bertz CT molecular complexity index is 755. The molecule has 28 heavy (non-hydrogen) atoms. The van der Waals surface area contributed by atoms with Gasteiger partial charge in [0.1, 0.15) is 11.6 Å². The van der Waals surface area contributed by atoms with E-state index in [9.17, 15) is 4.39 Å².